The standard InChI is InChI=1S/C16H31N3O2/c1-16(13-20)8-6-7-14(16)18-15(21)17-9-2-3-10-19-11-4-5-12-19/h14,20H,2-13H2,1H3,(H2,17,18,21). The first kappa shape index (κ1) is 16.6. The lowest BCUT2D eigenvalue weighted by molar-refractivity contribution is 0.121. The van der Waals surface area contributed by atoms with Crippen LogP contribution in [0.1, 0.15) is 51.9 Å². The summed E-state index contributed by atoms with van der Waals surface area (Å²) in [7, 11) is 0. The maximum absolute atomic E-state index is 11.9. The molecule has 1 saturated carbocycles. The summed E-state index contributed by atoms with van der Waals surface area (Å²) in [4.78, 5) is 14.4. The zero-order chi connectivity index (χ0) is 15.1. The summed E-state index contributed by atoms with van der Waals surface area (Å²) in [5.41, 5.74) is -0.146. The Morgan fingerprint density at radius 1 is 1.29 bits per heavy atom. The Bertz CT molecular complexity index is 331. The van der Waals surface area contributed by atoms with Crippen LogP contribution in [0.3, 0.4) is 0 Å². The van der Waals surface area contributed by atoms with Gasteiger partial charge >= 0.3 is 6.03 Å². The molecule has 2 aliphatic rings. The number of nitrogens with zero attached hydrogens (tertiary/aromatic N) is 1. The molecule has 0 aromatic rings. The molecule has 5 heteroatoms. The second-order valence-electron chi connectivity index (χ2n) is 6.91. The van der Waals surface area contributed by atoms with Crippen molar-refractivity contribution in [3.63, 3.8) is 0 Å². The molecule has 0 radical (unpaired) electrons. The van der Waals surface area contributed by atoms with Crippen LogP contribution in [0.5, 0.6) is 0 Å². The predicted octanol–water partition coefficient (Wildman–Crippen LogP) is 1.71. The normalized spacial score (nSPS) is 29.7. The van der Waals surface area contributed by atoms with Crippen molar-refractivity contribution in [1.29, 1.82) is 0 Å². The number of carbonyl (C=O) groups is 1. The van der Waals surface area contributed by atoms with Gasteiger partial charge in [0.1, 0.15) is 0 Å². The van der Waals surface area contributed by atoms with E-state index in [0.29, 0.717) is 0 Å². The molecule has 1 saturated heterocycles. The molecule has 0 aromatic heterocycles. The lowest BCUT2D eigenvalue weighted by atomic mass is 9.86. The van der Waals surface area contributed by atoms with Gasteiger partial charge in [-0.15, -0.1) is 0 Å². The van der Waals surface area contributed by atoms with Crippen molar-refractivity contribution in [3.8, 4) is 0 Å². The molecule has 2 atom stereocenters. The Morgan fingerprint density at radius 2 is 2.05 bits per heavy atom. The van der Waals surface area contributed by atoms with Crippen LogP contribution in [0.25, 0.3) is 0 Å². The molecular formula is C16H31N3O2. The summed E-state index contributed by atoms with van der Waals surface area (Å²) >= 11 is 0. The molecule has 2 amide bonds. The maximum Gasteiger partial charge on any atom is 0.315 e. The van der Waals surface area contributed by atoms with E-state index in [9.17, 15) is 9.90 Å². The number of hydrogen-bond acceptors (Lipinski definition) is 3. The highest BCUT2D eigenvalue weighted by Gasteiger charge is 2.38. The van der Waals surface area contributed by atoms with Gasteiger partial charge in [0.2, 0.25) is 0 Å². The van der Waals surface area contributed by atoms with Crippen molar-refractivity contribution in [2.24, 2.45) is 5.41 Å². The van der Waals surface area contributed by atoms with Gasteiger partial charge in [-0.25, -0.2) is 4.79 Å². The number of aliphatic hydroxyl groups excluding tert-OH is 1. The van der Waals surface area contributed by atoms with Crippen LogP contribution in [0.2, 0.25) is 0 Å². The van der Waals surface area contributed by atoms with Crippen molar-refractivity contribution in [2.75, 3.05) is 32.8 Å². The third kappa shape index (κ3) is 4.85. The summed E-state index contributed by atoms with van der Waals surface area (Å²) in [5.74, 6) is 0. The molecule has 0 aromatic carbocycles. The first-order chi connectivity index (χ1) is 10.1. The fourth-order valence-corrected chi connectivity index (χ4v) is 3.55. The Kier molecular flexibility index (Phi) is 6.30. The maximum atomic E-state index is 11.9. The first-order valence-corrected chi connectivity index (χ1v) is 8.52. The number of rotatable bonds is 7. The molecule has 0 bridgehead atoms. The number of aliphatic hydroxyl groups is 1. The van der Waals surface area contributed by atoms with Crippen molar-refractivity contribution in [1.82, 2.24) is 15.5 Å². The van der Waals surface area contributed by atoms with Crippen molar-refractivity contribution < 1.29 is 9.90 Å². The minimum atomic E-state index is -0.146. The summed E-state index contributed by atoms with van der Waals surface area (Å²) in [5, 5.41) is 15.5. The summed E-state index contributed by atoms with van der Waals surface area (Å²) < 4.78 is 0. The van der Waals surface area contributed by atoms with Gasteiger partial charge in [-0.2, -0.15) is 0 Å². The quantitative estimate of drug-likeness (QED) is 0.627. The van der Waals surface area contributed by atoms with E-state index in [1.54, 1.807) is 0 Å². The number of carbonyl (C=O) groups excluding carboxylic acids is 1. The Hall–Kier alpha value is -0.810. The van der Waals surface area contributed by atoms with Gasteiger partial charge in [-0.1, -0.05) is 13.3 Å². The van der Waals surface area contributed by atoms with Crippen molar-refractivity contribution in [2.45, 2.75) is 57.9 Å². The van der Waals surface area contributed by atoms with Gasteiger partial charge in [0.25, 0.3) is 0 Å². The van der Waals surface area contributed by atoms with Gasteiger partial charge < -0.3 is 20.6 Å². The average Bonchev–Trinajstić information content (AvgIpc) is 3.10. The Labute approximate surface area is 128 Å². The van der Waals surface area contributed by atoms with E-state index < -0.39 is 0 Å². The van der Waals surface area contributed by atoms with Gasteiger partial charge in [0, 0.05) is 18.0 Å². The molecule has 2 unspecified atom stereocenters. The molecule has 3 N–H and O–H groups in total. The fourth-order valence-electron chi connectivity index (χ4n) is 3.55. The van der Waals surface area contributed by atoms with E-state index >= 15 is 0 Å². The van der Waals surface area contributed by atoms with Gasteiger partial charge in [0.15, 0.2) is 0 Å². The van der Waals surface area contributed by atoms with Crippen LogP contribution in [-0.4, -0.2) is 54.9 Å². The van der Waals surface area contributed by atoms with Crippen LogP contribution in [-0.2, 0) is 0 Å². The molecule has 122 valence electrons. The third-order valence-electron chi connectivity index (χ3n) is 5.13. The zero-order valence-electron chi connectivity index (χ0n) is 13.4. The largest absolute Gasteiger partial charge is 0.396 e. The molecule has 1 aliphatic carbocycles. The van der Waals surface area contributed by atoms with Crippen LogP contribution >= 0.6 is 0 Å². The van der Waals surface area contributed by atoms with E-state index in [4.69, 9.17) is 0 Å². The molecule has 0 spiro atoms. The topological polar surface area (TPSA) is 64.6 Å². The van der Waals surface area contributed by atoms with Crippen molar-refractivity contribution in [3.05, 3.63) is 0 Å². The Morgan fingerprint density at radius 3 is 2.76 bits per heavy atom. The highest BCUT2D eigenvalue weighted by atomic mass is 16.3. The van der Waals surface area contributed by atoms with E-state index in [2.05, 4.69) is 22.5 Å². The Balaban J connectivity index is 1.55. The van der Waals surface area contributed by atoms with E-state index in [-0.39, 0.29) is 24.1 Å². The number of nitrogens with one attached hydrogen (secondary N) is 2. The first-order valence-electron chi connectivity index (χ1n) is 8.52. The number of unbranched alkanes of at least 4 members (excludes halogenated alkanes) is 1. The van der Waals surface area contributed by atoms with Crippen LogP contribution in [0.15, 0.2) is 0 Å². The fraction of sp³-hybridized carbons (Fsp3) is 0.938. The molecule has 1 heterocycles. The van der Waals surface area contributed by atoms with E-state index in [0.717, 1.165) is 45.2 Å². The average molecular weight is 297 g/mol. The molecule has 1 aliphatic heterocycles. The monoisotopic (exact) mass is 297 g/mol. The molecule has 2 fully saturated rings. The second-order valence-corrected chi connectivity index (χ2v) is 6.91. The molecule has 21 heavy (non-hydrogen) atoms. The molecular weight excluding hydrogens is 266 g/mol. The number of hydrogen-bond donors (Lipinski definition) is 3. The van der Waals surface area contributed by atoms with E-state index in [1.807, 2.05) is 0 Å². The SMILES string of the molecule is CC1(CO)CCCC1NC(=O)NCCCCN1CCCC1. The lowest BCUT2D eigenvalue weighted by Gasteiger charge is -2.30. The minimum Gasteiger partial charge on any atom is -0.396 e. The van der Waals surface area contributed by atoms with Gasteiger partial charge in [-0.05, 0) is 58.2 Å². The molecule has 2 rings (SSSR count). The summed E-state index contributed by atoms with van der Waals surface area (Å²) in [6.07, 6.45) is 7.91. The highest BCUT2D eigenvalue weighted by Crippen LogP contribution is 2.37. The zero-order valence-corrected chi connectivity index (χ0v) is 13.4. The number of amides is 2. The molecule has 5 nitrogen and oxygen atoms in total. The number of urea groups is 1. The van der Waals surface area contributed by atoms with E-state index in [1.165, 1.54) is 25.9 Å². The lowest BCUT2D eigenvalue weighted by Crippen LogP contribution is -2.48. The predicted molar refractivity (Wildman–Crippen MR) is 84.3 cm³/mol. The van der Waals surface area contributed by atoms with Crippen LogP contribution < -0.4 is 10.6 Å². The second kappa shape index (κ2) is 7.99. The van der Waals surface area contributed by atoms with Crippen molar-refractivity contribution >= 4 is 6.03 Å². The minimum absolute atomic E-state index is 0.0808. The van der Waals surface area contributed by atoms with Crippen LogP contribution in [0.4, 0.5) is 4.79 Å². The van der Waals surface area contributed by atoms with Crippen LogP contribution in [0, 0.1) is 5.41 Å². The third-order valence-corrected chi connectivity index (χ3v) is 5.13. The van der Waals surface area contributed by atoms with Gasteiger partial charge in [-0.3, -0.25) is 0 Å². The summed E-state index contributed by atoms with van der Waals surface area (Å²) in [6, 6.07) is 0.0230. The highest BCUT2D eigenvalue weighted by molar-refractivity contribution is 5.74. The van der Waals surface area contributed by atoms with Gasteiger partial charge in [0.05, 0.1) is 6.61 Å². The number of likely N-dealkylation sites (tertiary alicyclic amines) is 1. The summed E-state index contributed by atoms with van der Waals surface area (Å²) in [6.45, 7) is 6.59. The smallest absolute Gasteiger partial charge is 0.315 e.